The number of carbonyl (C=O) groups is 3. The molecular weight excluding hydrogens is 769 g/mol. The largest absolute Gasteiger partial charge is 0.462 e. The van der Waals surface area contributed by atoms with E-state index in [0.717, 1.165) is 75.5 Å². The van der Waals surface area contributed by atoms with Crippen LogP contribution < -0.4 is 0 Å². The van der Waals surface area contributed by atoms with E-state index >= 15 is 0 Å². The second-order valence-electron chi connectivity index (χ2n) is 19.9. The molecule has 0 bridgehead atoms. The number of hydrogen-bond donors (Lipinski definition) is 0. The lowest BCUT2D eigenvalue weighted by Crippen LogP contribution is -2.30. The molecule has 0 radical (unpaired) electrons. The van der Waals surface area contributed by atoms with Crippen LogP contribution in [0.2, 0.25) is 0 Å². The van der Waals surface area contributed by atoms with Gasteiger partial charge in [0.2, 0.25) is 0 Å². The van der Waals surface area contributed by atoms with Crippen molar-refractivity contribution in [3.63, 3.8) is 0 Å². The third-order valence-corrected chi connectivity index (χ3v) is 13.7. The van der Waals surface area contributed by atoms with Crippen LogP contribution >= 0.6 is 0 Å². The van der Waals surface area contributed by atoms with Crippen molar-refractivity contribution in [2.24, 2.45) is 17.8 Å². The molecule has 3 unspecified atom stereocenters. The molecule has 0 aromatic heterocycles. The first-order valence-electron chi connectivity index (χ1n) is 27.7. The normalized spacial score (nSPS) is 13.5. The average molecular weight is 877 g/mol. The SMILES string of the molecule is CCC(C)CCCCCCCCCCCCCCCCC(=O)O[C@H](COC(=O)CCCCCCCCCCCCC(C)CC)COC(=O)CCCCCCCCCCC(C)CC. The minimum atomic E-state index is -0.764. The maximum atomic E-state index is 12.8. The van der Waals surface area contributed by atoms with Gasteiger partial charge in [0.25, 0.3) is 0 Å². The summed E-state index contributed by atoms with van der Waals surface area (Å²) in [6.07, 6.45) is 47.9. The molecule has 0 saturated heterocycles. The predicted molar refractivity (Wildman–Crippen MR) is 266 cm³/mol. The van der Waals surface area contributed by atoms with Crippen LogP contribution in [0.15, 0.2) is 0 Å². The lowest BCUT2D eigenvalue weighted by Gasteiger charge is -2.18. The highest BCUT2D eigenvalue weighted by Gasteiger charge is 2.19. The number of ether oxygens (including phenoxy) is 3. The fraction of sp³-hybridized carbons (Fsp3) is 0.946. The van der Waals surface area contributed by atoms with Crippen LogP contribution in [0.4, 0.5) is 0 Å². The van der Waals surface area contributed by atoms with E-state index in [0.29, 0.717) is 19.3 Å². The van der Waals surface area contributed by atoms with Gasteiger partial charge in [-0.25, -0.2) is 0 Å². The van der Waals surface area contributed by atoms with Gasteiger partial charge in [-0.15, -0.1) is 0 Å². The molecule has 368 valence electrons. The summed E-state index contributed by atoms with van der Waals surface area (Å²) in [6, 6.07) is 0. The molecule has 0 N–H and O–H groups in total. The molecular formula is C56H108O6. The minimum absolute atomic E-state index is 0.0645. The molecule has 0 heterocycles. The standard InChI is InChI=1S/C56H108O6/c1-7-50(4)42-36-30-24-18-14-12-10-11-13-15-21-29-35-41-47-56(59)62-53(49-61-55(58)46-40-34-28-23-22-26-32-38-44-52(6)9-3)48-60-54(57)45-39-33-27-20-17-16-19-25-31-37-43-51(5)8-2/h50-53H,7-49H2,1-6H3/t50?,51?,52?,53-/m1/s1. The molecule has 4 atom stereocenters. The van der Waals surface area contributed by atoms with Crippen LogP contribution in [0.25, 0.3) is 0 Å². The molecule has 0 rings (SSSR count). The molecule has 62 heavy (non-hydrogen) atoms. The number of esters is 3. The summed E-state index contributed by atoms with van der Waals surface area (Å²) >= 11 is 0. The molecule has 0 aromatic rings. The fourth-order valence-corrected chi connectivity index (χ4v) is 8.37. The van der Waals surface area contributed by atoms with E-state index in [-0.39, 0.29) is 31.1 Å². The Labute approximate surface area is 387 Å². The van der Waals surface area contributed by atoms with Crippen molar-refractivity contribution >= 4 is 17.9 Å². The summed E-state index contributed by atoms with van der Waals surface area (Å²) in [5, 5.41) is 0. The van der Waals surface area contributed by atoms with Gasteiger partial charge in [-0.1, -0.05) is 266 Å². The predicted octanol–water partition coefficient (Wildman–Crippen LogP) is 17.9. The maximum absolute atomic E-state index is 12.8. The van der Waals surface area contributed by atoms with Crippen molar-refractivity contribution in [1.29, 1.82) is 0 Å². The number of carbonyl (C=O) groups excluding carboxylic acids is 3. The molecule has 6 heteroatoms. The van der Waals surface area contributed by atoms with E-state index in [2.05, 4.69) is 41.5 Å². The second kappa shape index (κ2) is 47.4. The highest BCUT2D eigenvalue weighted by atomic mass is 16.6. The van der Waals surface area contributed by atoms with Crippen molar-refractivity contribution in [1.82, 2.24) is 0 Å². The molecule has 0 saturated carbocycles. The summed E-state index contributed by atoms with van der Waals surface area (Å²) < 4.78 is 16.9. The fourth-order valence-electron chi connectivity index (χ4n) is 8.37. The number of unbranched alkanes of at least 4 members (excludes halogenated alkanes) is 29. The third kappa shape index (κ3) is 45.0. The van der Waals surface area contributed by atoms with Crippen molar-refractivity contribution in [2.75, 3.05) is 13.2 Å². The van der Waals surface area contributed by atoms with E-state index in [9.17, 15) is 14.4 Å². The minimum Gasteiger partial charge on any atom is -0.462 e. The molecule has 0 spiro atoms. The van der Waals surface area contributed by atoms with E-state index in [1.807, 2.05) is 0 Å². The third-order valence-electron chi connectivity index (χ3n) is 13.7. The first-order valence-corrected chi connectivity index (χ1v) is 27.7. The molecule has 0 aromatic carbocycles. The van der Waals surface area contributed by atoms with Gasteiger partial charge < -0.3 is 14.2 Å². The van der Waals surface area contributed by atoms with Gasteiger partial charge in [-0.05, 0) is 37.0 Å². The monoisotopic (exact) mass is 877 g/mol. The van der Waals surface area contributed by atoms with Crippen LogP contribution in [0.5, 0.6) is 0 Å². The van der Waals surface area contributed by atoms with Crippen molar-refractivity contribution in [3.05, 3.63) is 0 Å². The zero-order valence-electron chi connectivity index (χ0n) is 42.7. The van der Waals surface area contributed by atoms with E-state index in [1.54, 1.807) is 0 Å². The van der Waals surface area contributed by atoms with Gasteiger partial charge in [0.1, 0.15) is 13.2 Å². The van der Waals surface area contributed by atoms with Crippen LogP contribution in [0.3, 0.4) is 0 Å². The number of rotatable bonds is 49. The van der Waals surface area contributed by atoms with Crippen molar-refractivity contribution < 1.29 is 28.6 Å². The Kier molecular flexibility index (Phi) is 46.2. The Morgan fingerprint density at radius 3 is 0.758 bits per heavy atom. The van der Waals surface area contributed by atoms with Gasteiger partial charge in [0.15, 0.2) is 6.10 Å². The van der Waals surface area contributed by atoms with Gasteiger partial charge in [0.05, 0.1) is 0 Å². The highest BCUT2D eigenvalue weighted by molar-refractivity contribution is 5.71. The van der Waals surface area contributed by atoms with Crippen LogP contribution in [-0.4, -0.2) is 37.2 Å². The Morgan fingerprint density at radius 1 is 0.306 bits per heavy atom. The summed E-state index contributed by atoms with van der Waals surface area (Å²) in [6.45, 7) is 13.8. The Balaban J connectivity index is 4.32. The topological polar surface area (TPSA) is 78.9 Å². The summed E-state index contributed by atoms with van der Waals surface area (Å²) in [5.41, 5.74) is 0. The van der Waals surface area contributed by atoms with Crippen LogP contribution in [0.1, 0.15) is 305 Å². The Morgan fingerprint density at radius 2 is 0.516 bits per heavy atom. The van der Waals surface area contributed by atoms with Crippen molar-refractivity contribution in [3.8, 4) is 0 Å². The van der Waals surface area contributed by atoms with Crippen LogP contribution in [-0.2, 0) is 28.6 Å². The van der Waals surface area contributed by atoms with Gasteiger partial charge in [0, 0.05) is 19.3 Å². The molecule has 0 aliphatic rings. The Bertz CT molecular complexity index is 966. The Hall–Kier alpha value is -1.59. The first kappa shape index (κ1) is 60.4. The number of hydrogen-bond acceptors (Lipinski definition) is 6. The smallest absolute Gasteiger partial charge is 0.306 e. The molecule has 0 aliphatic carbocycles. The van der Waals surface area contributed by atoms with Gasteiger partial charge >= 0.3 is 17.9 Å². The van der Waals surface area contributed by atoms with Gasteiger partial charge in [-0.3, -0.25) is 14.4 Å². The van der Waals surface area contributed by atoms with Gasteiger partial charge in [-0.2, -0.15) is 0 Å². The molecule has 0 fully saturated rings. The van der Waals surface area contributed by atoms with E-state index < -0.39 is 6.10 Å². The summed E-state index contributed by atoms with van der Waals surface area (Å²) in [7, 11) is 0. The van der Waals surface area contributed by atoms with E-state index in [1.165, 1.54) is 186 Å². The van der Waals surface area contributed by atoms with Crippen molar-refractivity contribution in [2.45, 2.75) is 311 Å². The van der Waals surface area contributed by atoms with E-state index in [4.69, 9.17) is 14.2 Å². The zero-order valence-corrected chi connectivity index (χ0v) is 42.7. The lowest BCUT2D eigenvalue weighted by atomic mass is 9.99. The maximum Gasteiger partial charge on any atom is 0.306 e. The first-order chi connectivity index (χ1) is 30.2. The lowest BCUT2D eigenvalue weighted by molar-refractivity contribution is -0.167. The molecule has 0 amide bonds. The highest BCUT2D eigenvalue weighted by Crippen LogP contribution is 2.19. The molecule has 6 nitrogen and oxygen atoms in total. The second-order valence-corrected chi connectivity index (χ2v) is 19.9. The molecule has 0 aliphatic heterocycles. The average Bonchev–Trinajstić information content (AvgIpc) is 3.27. The quantitative estimate of drug-likeness (QED) is 0.0344. The van der Waals surface area contributed by atoms with Crippen LogP contribution in [0, 0.1) is 17.8 Å². The summed E-state index contributed by atoms with van der Waals surface area (Å²) in [5.74, 6) is 1.76. The summed E-state index contributed by atoms with van der Waals surface area (Å²) in [4.78, 5) is 38.1. The zero-order chi connectivity index (χ0) is 45.6.